The number of H-pyrrole nitrogens is 1. The summed E-state index contributed by atoms with van der Waals surface area (Å²) >= 11 is 0. The van der Waals surface area contributed by atoms with E-state index in [1.807, 2.05) is 4.90 Å². The van der Waals surface area contributed by atoms with Crippen LogP contribution in [-0.2, 0) is 11.3 Å². The number of carbonyl (C=O) groups excluding carboxylic acids is 1. The third-order valence-electron chi connectivity index (χ3n) is 4.64. The summed E-state index contributed by atoms with van der Waals surface area (Å²) in [6, 6.07) is 8.33. The van der Waals surface area contributed by atoms with Crippen molar-refractivity contribution in [2.24, 2.45) is 0 Å². The topological polar surface area (TPSA) is 104 Å². The fourth-order valence-electron chi connectivity index (χ4n) is 3.20. The van der Waals surface area contributed by atoms with Gasteiger partial charge in [0, 0.05) is 38.6 Å². The smallest absolute Gasteiger partial charge is 0.273 e. The van der Waals surface area contributed by atoms with Gasteiger partial charge in [0.25, 0.3) is 11.1 Å². The Hall–Kier alpha value is -3.49. The van der Waals surface area contributed by atoms with E-state index in [0.717, 1.165) is 4.68 Å². The van der Waals surface area contributed by atoms with E-state index in [1.165, 1.54) is 0 Å². The zero-order valence-corrected chi connectivity index (χ0v) is 14.5. The summed E-state index contributed by atoms with van der Waals surface area (Å²) in [4.78, 5) is 49.4. The van der Waals surface area contributed by atoms with Crippen molar-refractivity contribution in [2.75, 3.05) is 31.1 Å². The SMILES string of the molecule is O=C(Cn1[nH]c(=O)c2ccccc2c1=O)N1CCN(c2ncccn2)CC1. The van der Waals surface area contributed by atoms with E-state index in [1.54, 1.807) is 47.6 Å². The molecular formula is C18H18N6O3. The number of amides is 1. The molecule has 1 amide bonds. The summed E-state index contributed by atoms with van der Waals surface area (Å²) in [7, 11) is 0. The zero-order valence-electron chi connectivity index (χ0n) is 14.5. The van der Waals surface area contributed by atoms with Gasteiger partial charge in [0.05, 0.1) is 10.8 Å². The van der Waals surface area contributed by atoms with E-state index >= 15 is 0 Å². The molecule has 27 heavy (non-hydrogen) atoms. The lowest BCUT2D eigenvalue weighted by molar-refractivity contribution is -0.132. The van der Waals surface area contributed by atoms with Crippen molar-refractivity contribution in [3.05, 3.63) is 63.4 Å². The monoisotopic (exact) mass is 366 g/mol. The van der Waals surface area contributed by atoms with Gasteiger partial charge in [0.2, 0.25) is 11.9 Å². The first-order valence-corrected chi connectivity index (χ1v) is 8.65. The fourth-order valence-corrected chi connectivity index (χ4v) is 3.20. The number of nitrogens with one attached hydrogen (secondary N) is 1. The predicted molar refractivity (Wildman–Crippen MR) is 99.7 cm³/mol. The molecule has 1 N–H and O–H groups in total. The van der Waals surface area contributed by atoms with Crippen molar-refractivity contribution < 1.29 is 4.79 Å². The molecule has 0 radical (unpaired) electrons. The molecule has 1 aliphatic rings. The number of anilines is 1. The van der Waals surface area contributed by atoms with Crippen LogP contribution in [0.5, 0.6) is 0 Å². The molecule has 3 aromatic rings. The van der Waals surface area contributed by atoms with Gasteiger partial charge in [-0.05, 0) is 18.2 Å². The highest BCUT2D eigenvalue weighted by molar-refractivity contribution is 5.81. The minimum atomic E-state index is -0.385. The van der Waals surface area contributed by atoms with Gasteiger partial charge in [-0.15, -0.1) is 0 Å². The number of hydrogen-bond acceptors (Lipinski definition) is 6. The van der Waals surface area contributed by atoms with Gasteiger partial charge in [-0.2, -0.15) is 0 Å². The largest absolute Gasteiger partial charge is 0.338 e. The molecular weight excluding hydrogens is 348 g/mol. The van der Waals surface area contributed by atoms with Crippen LogP contribution in [0.15, 0.2) is 52.3 Å². The third-order valence-corrected chi connectivity index (χ3v) is 4.64. The van der Waals surface area contributed by atoms with E-state index in [4.69, 9.17) is 0 Å². The molecule has 1 aliphatic heterocycles. The second-order valence-corrected chi connectivity index (χ2v) is 6.29. The normalized spacial score (nSPS) is 14.5. The first-order chi connectivity index (χ1) is 13.1. The van der Waals surface area contributed by atoms with Crippen molar-refractivity contribution in [1.82, 2.24) is 24.6 Å². The highest BCUT2D eigenvalue weighted by Gasteiger charge is 2.23. The summed E-state index contributed by atoms with van der Waals surface area (Å²) in [5.41, 5.74) is -0.765. The zero-order chi connectivity index (χ0) is 18.8. The maximum atomic E-state index is 12.6. The number of fused-ring (bicyclic) bond motifs is 1. The molecule has 1 aromatic carbocycles. The maximum Gasteiger partial charge on any atom is 0.273 e. The number of aromatic nitrogens is 4. The molecule has 138 valence electrons. The number of hydrogen-bond donors (Lipinski definition) is 1. The van der Waals surface area contributed by atoms with Crippen LogP contribution >= 0.6 is 0 Å². The first kappa shape index (κ1) is 17.0. The van der Waals surface area contributed by atoms with Crippen molar-refractivity contribution in [3.63, 3.8) is 0 Å². The van der Waals surface area contributed by atoms with Crippen LogP contribution < -0.4 is 16.0 Å². The molecule has 0 saturated carbocycles. The van der Waals surface area contributed by atoms with Gasteiger partial charge in [-0.25, -0.2) is 14.6 Å². The molecule has 0 aliphatic carbocycles. The summed E-state index contributed by atoms with van der Waals surface area (Å²) in [6.07, 6.45) is 3.37. The van der Waals surface area contributed by atoms with E-state index in [-0.39, 0.29) is 23.6 Å². The Kier molecular flexibility index (Phi) is 4.41. The molecule has 1 fully saturated rings. The van der Waals surface area contributed by atoms with Crippen LogP contribution in [0.25, 0.3) is 10.8 Å². The molecule has 3 heterocycles. The number of piperazine rings is 1. The van der Waals surface area contributed by atoms with Crippen LogP contribution in [0, 0.1) is 0 Å². The molecule has 0 spiro atoms. The molecule has 4 rings (SSSR count). The molecule has 0 bridgehead atoms. The van der Waals surface area contributed by atoms with Gasteiger partial charge in [-0.1, -0.05) is 12.1 Å². The van der Waals surface area contributed by atoms with Crippen molar-refractivity contribution in [1.29, 1.82) is 0 Å². The second kappa shape index (κ2) is 7.02. The summed E-state index contributed by atoms with van der Waals surface area (Å²) in [5, 5.41) is 3.12. The van der Waals surface area contributed by atoms with E-state index in [0.29, 0.717) is 42.9 Å². The fraction of sp³-hybridized carbons (Fsp3) is 0.278. The van der Waals surface area contributed by atoms with Crippen LogP contribution in [0.4, 0.5) is 5.95 Å². The van der Waals surface area contributed by atoms with Crippen molar-refractivity contribution in [3.8, 4) is 0 Å². The van der Waals surface area contributed by atoms with E-state index in [9.17, 15) is 14.4 Å². The minimum Gasteiger partial charge on any atom is -0.338 e. The average Bonchev–Trinajstić information content (AvgIpc) is 2.72. The lowest BCUT2D eigenvalue weighted by Crippen LogP contribution is -2.50. The highest BCUT2D eigenvalue weighted by Crippen LogP contribution is 2.10. The number of aromatic amines is 1. The van der Waals surface area contributed by atoms with Crippen LogP contribution in [-0.4, -0.2) is 56.7 Å². The Labute approximate surface area is 153 Å². The number of nitrogens with zero attached hydrogens (tertiary/aromatic N) is 5. The predicted octanol–water partition coefficient (Wildman–Crippen LogP) is -0.171. The molecule has 1 saturated heterocycles. The number of benzene rings is 1. The summed E-state index contributed by atoms with van der Waals surface area (Å²) in [6.45, 7) is 2.03. The highest BCUT2D eigenvalue weighted by atomic mass is 16.2. The number of carbonyl (C=O) groups is 1. The lowest BCUT2D eigenvalue weighted by atomic mass is 10.2. The van der Waals surface area contributed by atoms with Gasteiger partial charge in [0.1, 0.15) is 6.54 Å². The molecule has 9 heteroatoms. The van der Waals surface area contributed by atoms with Gasteiger partial charge < -0.3 is 9.80 Å². The molecule has 2 aromatic heterocycles. The Bertz CT molecular complexity index is 1080. The summed E-state index contributed by atoms with van der Waals surface area (Å²) < 4.78 is 1.08. The Balaban J connectivity index is 1.48. The Morgan fingerprint density at radius 3 is 2.33 bits per heavy atom. The van der Waals surface area contributed by atoms with Gasteiger partial charge in [-0.3, -0.25) is 19.5 Å². The maximum absolute atomic E-state index is 12.6. The van der Waals surface area contributed by atoms with Crippen molar-refractivity contribution >= 4 is 22.6 Å². The van der Waals surface area contributed by atoms with Crippen LogP contribution in [0.3, 0.4) is 0 Å². The molecule has 0 unspecified atom stereocenters. The summed E-state index contributed by atoms with van der Waals surface area (Å²) in [5.74, 6) is 0.427. The average molecular weight is 366 g/mol. The van der Waals surface area contributed by atoms with Crippen LogP contribution in [0.1, 0.15) is 0 Å². The van der Waals surface area contributed by atoms with Crippen molar-refractivity contribution in [2.45, 2.75) is 6.54 Å². The standard InChI is InChI=1S/C18H18N6O3/c25-15(22-8-10-23(11-9-22)18-19-6-3-7-20-18)12-24-17(27)14-5-2-1-4-13(14)16(26)21-24/h1-7H,8-12H2,(H,21,26). The Morgan fingerprint density at radius 2 is 1.63 bits per heavy atom. The second-order valence-electron chi connectivity index (χ2n) is 6.29. The first-order valence-electron chi connectivity index (χ1n) is 8.65. The van der Waals surface area contributed by atoms with E-state index in [2.05, 4.69) is 15.1 Å². The quantitative estimate of drug-likeness (QED) is 0.690. The molecule has 0 atom stereocenters. The molecule has 9 nitrogen and oxygen atoms in total. The third kappa shape index (κ3) is 3.31. The van der Waals surface area contributed by atoms with E-state index < -0.39 is 0 Å². The number of rotatable bonds is 3. The lowest BCUT2D eigenvalue weighted by Gasteiger charge is -2.34. The minimum absolute atomic E-state index is 0.194. The Morgan fingerprint density at radius 1 is 0.963 bits per heavy atom. The van der Waals surface area contributed by atoms with Gasteiger partial charge in [0.15, 0.2) is 0 Å². The van der Waals surface area contributed by atoms with Crippen LogP contribution in [0.2, 0.25) is 0 Å². The van der Waals surface area contributed by atoms with Gasteiger partial charge >= 0.3 is 0 Å².